The number of hydroxylamine groups is 1. The molecule has 2 atom stereocenters. The largest absolute Gasteiger partial charge is 0.497 e. The van der Waals surface area contributed by atoms with Crippen LogP contribution in [-0.4, -0.2) is 57.8 Å². The van der Waals surface area contributed by atoms with Crippen molar-refractivity contribution < 1.29 is 41.4 Å². The molecule has 0 saturated heterocycles. The van der Waals surface area contributed by atoms with Gasteiger partial charge in [0.15, 0.2) is 6.29 Å². The molecular formula is C21H24F4N4O5. The number of hydrogen-bond acceptors (Lipinski definition) is 9. The molecule has 0 bridgehead atoms. The molecule has 2 aromatic rings. The van der Waals surface area contributed by atoms with Gasteiger partial charge in [-0.15, -0.1) is 0 Å². The molecule has 1 heterocycles. The van der Waals surface area contributed by atoms with E-state index in [1.165, 1.54) is 50.4 Å². The lowest BCUT2D eigenvalue weighted by Gasteiger charge is -2.43. The predicted molar refractivity (Wildman–Crippen MR) is 113 cm³/mol. The number of alkyl halides is 3. The molecule has 186 valence electrons. The van der Waals surface area contributed by atoms with E-state index in [0.717, 1.165) is 6.07 Å². The highest BCUT2D eigenvalue weighted by Gasteiger charge is 2.45. The molecule has 34 heavy (non-hydrogen) atoms. The van der Waals surface area contributed by atoms with Crippen molar-refractivity contribution in [3.8, 4) is 22.6 Å². The number of benzene rings is 2. The lowest BCUT2D eigenvalue weighted by molar-refractivity contribution is -0.204. The molecule has 3 rings (SSSR count). The Labute approximate surface area is 192 Å². The Morgan fingerprint density at radius 2 is 1.82 bits per heavy atom. The van der Waals surface area contributed by atoms with E-state index in [-0.39, 0.29) is 41.5 Å². The molecule has 9 nitrogen and oxygen atoms in total. The number of fused-ring (bicyclic) bond motifs is 1. The quantitative estimate of drug-likeness (QED) is 0.448. The number of ether oxygens (including phenoxy) is 3. The number of hydrogen-bond donors (Lipinski definition) is 2. The highest BCUT2D eigenvalue weighted by Crippen LogP contribution is 2.42. The van der Waals surface area contributed by atoms with Gasteiger partial charge in [-0.05, 0) is 18.7 Å². The van der Waals surface area contributed by atoms with Crippen LogP contribution < -0.4 is 26.0 Å². The Kier molecular flexibility index (Phi) is 7.51. The Balaban J connectivity index is 2.12. The highest BCUT2D eigenvalue weighted by molar-refractivity contribution is 5.79. The van der Waals surface area contributed by atoms with Gasteiger partial charge in [-0.2, -0.15) is 18.2 Å². The van der Waals surface area contributed by atoms with E-state index < -0.39 is 30.4 Å². The van der Waals surface area contributed by atoms with E-state index >= 15 is 4.39 Å². The van der Waals surface area contributed by atoms with Crippen LogP contribution in [0.2, 0.25) is 0 Å². The van der Waals surface area contributed by atoms with Crippen LogP contribution >= 0.6 is 0 Å². The molecule has 2 aromatic carbocycles. The zero-order valence-electron chi connectivity index (χ0n) is 18.6. The molecule has 0 aliphatic carbocycles. The Morgan fingerprint density at radius 3 is 2.44 bits per heavy atom. The van der Waals surface area contributed by atoms with E-state index in [9.17, 15) is 18.0 Å². The Morgan fingerprint density at radius 1 is 1.12 bits per heavy atom. The third kappa shape index (κ3) is 5.01. The summed E-state index contributed by atoms with van der Waals surface area (Å²) in [5, 5.41) is 0.588. The van der Waals surface area contributed by atoms with Crippen LogP contribution in [0, 0.1) is 5.82 Å². The SMILES string of the molecule is COCCOc1cc(OC)cc(F)c1-c1ccc2c(c1)N(OC(=O)C(F)(F)F)C(N)N(C)C2N. The standard InChI is InChI=1S/C21H24F4N4O5/c1-28-18(26)13-5-4-11(8-15(13)29(20(28)27)34-19(30)21(23,24)25)17-14(22)9-12(32-3)10-16(17)33-7-6-31-2/h4-5,8-10,18,20H,6-7,26-27H2,1-3H3. The van der Waals surface area contributed by atoms with Crippen molar-refractivity contribution in [1.82, 2.24) is 4.90 Å². The van der Waals surface area contributed by atoms with Gasteiger partial charge in [-0.25, -0.2) is 9.18 Å². The Hall–Kier alpha value is -3.13. The van der Waals surface area contributed by atoms with Crippen molar-refractivity contribution in [2.75, 3.05) is 39.5 Å². The molecule has 13 heteroatoms. The average molecular weight is 488 g/mol. The van der Waals surface area contributed by atoms with Crippen LogP contribution in [-0.2, 0) is 14.4 Å². The first-order valence-electron chi connectivity index (χ1n) is 9.94. The number of halogens is 4. The molecule has 0 saturated carbocycles. The summed E-state index contributed by atoms with van der Waals surface area (Å²) in [4.78, 5) is 17.4. The van der Waals surface area contributed by atoms with Gasteiger partial charge in [-0.3, -0.25) is 10.6 Å². The van der Waals surface area contributed by atoms with Crippen molar-refractivity contribution in [3.63, 3.8) is 0 Å². The lowest BCUT2D eigenvalue weighted by Crippen LogP contribution is -2.60. The Bertz CT molecular complexity index is 1050. The van der Waals surface area contributed by atoms with Crippen LogP contribution in [0.1, 0.15) is 11.7 Å². The minimum atomic E-state index is -5.26. The average Bonchev–Trinajstić information content (AvgIpc) is 2.79. The normalized spacial score (nSPS) is 18.4. The van der Waals surface area contributed by atoms with E-state index in [1.54, 1.807) is 0 Å². The van der Waals surface area contributed by atoms with Crippen LogP contribution in [0.25, 0.3) is 11.1 Å². The van der Waals surface area contributed by atoms with Crippen molar-refractivity contribution in [2.45, 2.75) is 18.6 Å². The van der Waals surface area contributed by atoms with Gasteiger partial charge in [-0.1, -0.05) is 12.1 Å². The van der Waals surface area contributed by atoms with Crippen molar-refractivity contribution in [2.24, 2.45) is 11.5 Å². The summed E-state index contributed by atoms with van der Waals surface area (Å²) < 4.78 is 69.4. The number of rotatable bonds is 7. The summed E-state index contributed by atoms with van der Waals surface area (Å²) in [5.74, 6) is -2.89. The van der Waals surface area contributed by atoms with Gasteiger partial charge in [0.05, 0.1) is 31.1 Å². The summed E-state index contributed by atoms with van der Waals surface area (Å²) in [7, 11) is 4.28. The third-order valence-electron chi connectivity index (χ3n) is 5.19. The van der Waals surface area contributed by atoms with Crippen LogP contribution in [0.4, 0.5) is 23.2 Å². The molecule has 0 radical (unpaired) electrons. The number of carbonyl (C=O) groups is 1. The first kappa shape index (κ1) is 25.5. The summed E-state index contributed by atoms with van der Waals surface area (Å²) >= 11 is 0. The number of anilines is 1. The van der Waals surface area contributed by atoms with E-state index in [4.69, 9.17) is 25.7 Å². The van der Waals surface area contributed by atoms with Gasteiger partial charge in [0.25, 0.3) is 0 Å². The van der Waals surface area contributed by atoms with Gasteiger partial charge >= 0.3 is 12.1 Å². The van der Waals surface area contributed by atoms with Crippen LogP contribution in [0.5, 0.6) is 11.5 Å². The molecule has 0 spiro atoms. The monoisotopic (exact) mass is 488 g/mol. The fourth-order valence-corrected chi connectivity index (χ4v) is 3.38. The van der Waals surface area contributed by atoms with Gasteiger partial charge in [0, 0.05) is 24.8 Å². The van der Waals surface area contributed by atoms with E-state index in [1.807, 2.05) is 0 Å². The molecule has 2 unspecified atom stereocenters. The topological polar surface area (TPSA) is 113 Å². The molecule has 1 aliphatic heterocycles. The molecule has 4 N–H and O–H groups in total. The van der Waals surface area contributed by atoms with Crippen molar-refractivity contribution in [3.05, 3.63) is 41.7 Å². The molecule has 0 aromatic heterocycles. The predicted octanol–water partition coefficient (Wildman–Crippen LogP) is 2.50. The maximum atomic E-state index is 15.1. The number of carbonyl (C=O) groups excluding carboxylic acids is 1. The zero-order chi connectivity index (χ0) is 25.2. The van der Waals surface area contributed by atoms with E-state index in [0.29, 0.717) is 10.6 Å². The minimum Gasteiger partial charge on any atom is -0.497 e. The maximum Gasteiger partial charge on any atom is 0.493 e. The number of nitrogens with two attached hydrogens (primary N) is 2. The van der Waals surface area contributed by atoms with Gasteiger partial charge in [0.1, 0.15) is 23.9 Å². The van der Waals surface area contributed by atoms with Crippen LogP contribution in [0.3, 0.4) is 0 Å². The fraction of sp³-hybridized carbons (Fsp3) is 0.381. The fourth-order valence-electron chi connectivity index (χ4n) is 3.38. The molecule has 1 aliphatic rings. The van der Waals surface area contributed by atoms with Gasteiger partial charge in [0.2, 0.25) is 0 Å². The smallest absolute Gasteiger partial charge is 0.493 e. The number of nitrogens with zero attached hydrogens (tertiary/aromatic N) is 2. The third-order valence-corrected chi connectivity index (χ3v) is 5.19. The van der Waals surface area contributed by atoms with Crippen molar-refractivity contribution in [1.29, 1.82) is 0 Å². The highest BCUT2D eigenvalue weighted by atomic mass is 19.4. The summed E-state index contributed by atoms with van der Waals surface area (Å²) in [6, 6.07) is 6.90. The van der Waals surface area contributed by atoms with E-state index in [2.05, 4.69) is 4.84 Å². The molecule has 0 fully saturated rings. The molecular weight excluding hydrogens is 464 g/mol. The maximum absolute atomic E-state index is 15.1. The minimum absolute atomic E-state index is 0.00266. The second-order valence-electron chi connectivity index (χ2n) is 7.32. The zero-order valence-corrected chi connectivity index (χ0v) is 18.6. The summed E-state index contributed by atoms with van der Waals surface area (Å²) in [6.07, 6.45) is -7.44. The lowest BCUT2D eigenvalue weighted by atomic mass is 9.98. The second kappa shape index (κ2) is 10.0. The number of methoxy groups -OCH3 is 2. The summed E-state index contributed by atoms with van der Waals surface area (Å²) in [5.41, 5.74) is 12.6. The first-order chi connectivity index (χ1) is 16.0. The molecule has 0 amide bonds. The van der Waals surface area contributed by atoms with Crippen LogP contribution in [0.15, 0.2) is 30.3 Å². The van der Waals surface area contributed by atoms with Gasteiger partial charge < -0.3 is 24.8 Å². The second-order valence-corrected chi connectivity index (χ2v) is 7.32. The first-order valence-corrected chi connectivity index (χ1v) is 9.94. The summed E-state index contributed by atoms with van der Waals surface area (Å²) in [6.45, 7) is 0.316. The van der Waals surface area contributed by atoms with Crippen molar-refractivity contribution >= 4 is 11.7 Å².